The van der Waals surface area contributed by atoms with E-state index in [1.807, 2.05) is 0 Å². The van der Waals surface area contributed by atoms with Gasteiger partial charge < -0.3 is 14.6 Å². The van der Waals surface area contributed by atoms with E-state index in [2.05, 4.69) is 17.1 Å². The molecular weight excluding hydrogens is 344 g/mol. The maximum atomic E-state index is 12.5. The minimum Gasteiger partial charge on any atom is -0.377 e. The summed E-state index contributed by atoms with van der Waals surface area (Å²) < 4.78 is 8.90. The van der Waals surface area contributed by atoms with Gasteiger partial charge in [0.15, 0.2) is 0 Å². The van der Waals surface area contributed by atoms with Crippen LogP contribution in [-0.2, 0) is 25.4 Å². The van der Waals surface area contributed by atoms with Crippen LogP contribution in [0.1, 0.15) is 44.6 Å². The molecule has 7 heteroatoms. The molecular formula is C20H34N4O3. The Labute approximate surface area is 161 Å². The number of ether oxygens (including phenoxy) is 1. The lowest BCUT2D eigenvalue weighted by Gasteiger charge is -2.32. The van der Waals surface area contributed by atoms with E-state index in [0.717, 1.165) is 32.5 Å². The average Bonchev–Trinajstić information content (AvgIpc) is 3.19. The van der Waals surface area contributed by atoms with Crippen molar-refractivity contribution in [3.05, 3.63) is 32.6 Å². The highest BCUT2D eigenvalue weighted by Gasteiger charge is 2.25. The second-order valence-corrected chi connectivity index (χ2v) is 8.20. The maximum absolute atomic E-state index is 12.5. The number of nitrogens with zero attached hydrogens (tertiary/aromatic N) is 3. The molecule has 3 rings (SSSR count). The summed E-state index contributed by atoms with van der Waals surface area (Å²) in [6.45, 7) is 6.28. The Hall–Kier alpha value is -1.44. The zero-order chi connectivity index (χ0) is 19.4. The van der Waals surface area contributed by atoms with Crippen molar-refractivity contribution in [3.63, 3.8) is 0 Å². The van der Waals surface area contributed by atoms with E-state index < -0.39 is 0 Å². The monoisotopic (exact) mass is 378 g/mol. The maximum Gasteiger partial charge on any atom is 0.330 e. The highest BCUT2D eigenvalue weighted by molar-refractivity contribution is 5.06. The van der Waals surface area contributed by atoms with Crippen molar-refractivity contribution in [2.45, 2.75) is 57.7 Å². The van der Waals surface area contributed by atoms with E-state index in [-0.39, 0.29) is 11.2 Å². The molecule has 0 amide bonds. The van der Waals surface area contributed by atoms with Crippen LogP contribution >= 0.6 is 0 Å². The highest BCUT2D eigenvalue weighted by atomic mass is 16.5. The van der Waals surface area contributed by atoms with E-state index in [9.17, 15) is 9.59 Å². The zero-order valence-electron chi connectivity index (χ0n) is 16.9. The van der Waals surface area contributed by atoms with E-state index in [1.165, 1.54) is 28.4 Å². The Morgan fingerprint density at radius 3 is 2.70 bits per heavy atom. The minimum atomic E-state index is -0.285. The third-order valence-corrected chi connectivity index (χ3v) is 6.18. The highest BCUT2D eigenvalue weighted by Crippen LogP contribution is 2.26. The molecule has 3 atom stereocenters. The van der Waals surface area contributed by atoms with Gasteiger partial charge in [0.1, 0.15) is 0 Å². The van der Waals surface area contributed by atoms with E-state index in [1.54, 1.807) is 20.3 Å². The largest absolute Gasteiger partial charge is 0.377 e. The van der Waals surface area contributed by atoms with Gasteiger partial charge in [-0.2, -0.15) is 0 Å². The van der Waals surface area contributed by atoms with Crippen LogP contribution in [-0.4, -0.2) is 52.4 Å². The van der Waals surface area contributed by atoms with E-state index in [4.69, 9.17) is 4.74 Å². The van der Waals surface area contributed by atoms with E-state index >= 15 is 0 Å². The lowest BCUT2D eigenvalue weighted by molar-refractivity contribution is -0.0182. The zero-order valence-corrected chi connectivity index (χ0v) is 16.9. The molecule has 152 valence electrons. The summed E-state index contributed by atoms with van der Waals surface area (Å²) in [5.41, 5.74) is 0.181. The molecule has 1 aliphatic heterocycles. The molecule has 27 heavy (non-hydrogen) atoms. The number of hydrogen-bond donors (Lipinski definition) is 1. The Morgan fingerprint density at radius 1 is 1.22 bits per heavy atom. The molecule has 2 fully saturated rings. The SMILES string of the molecule is C[C@@H]1CCCC[C@@H]1OCCN(Cc1cn(C)c(=O)n(C)c1=O)[C@H]1CCNC1. The third-order valence-electron chi connectivity index (χ3n) is 6.18. The Bertz CT molecular complexity index is 736. The van der Waals surface area contributed by atoms with Crippen LogP contribution in [0.2, 0.25) is 0 Å². The molecule has 2 aliphatic rings. The summed E-state index contributed by atoms with van der Waals surface area (Å²) in [4.78, 5) is 26.8. The van der Waals surface area contributed by atoms with Gasteiger partial charge in [0.05, 0.1) is 12.7 Å². The van der Waals surface area contributed by atoms with Crippen LogP contribution in [0.15, 0.2) is 15.8 Å². The van der Waals surface area contributed by atoms with E-state index in [0.29, 0.717) is 36.8 Å². The van der Waals surface area contributed by atoms with Gasteiger partial charge in [-0.15, -0.1) is 0 Å². The molecule has 1 aliphatic carbocycles. The van der Waals surface area contributed by atoms with Crippen molar-refractivity contribution < 1.29 is 4.74 Å². The average molecular weight is 379 g/mol. The molecule has 1 saturated carbocycles. The van der Waals surface area contributed by atoms with Crippen LogP contribution in [0.5, 0.6) is 0 Å². The normalized spacial score (nSPS) is 26.0. The second-order valence-electron chi connectivity index (χ2n) is 8.20. The lowest BCUT2D eigenvalue weighted by atomic mass is 9.88. The summed E-state index contributed by atoms with van der Waals surface area (Å²) in [6, 6.07) is 0.402. The van der Waals surface area contributed by atoms with Crippen molar-refractivity contribution >= 4 is 0 Å². The molecule has 0 radical (unpaired) electrons. The van der Waals surface area contributed by atoms with Crippen molar-refractivity contribution in [3.8, 4) is 0 Å². The van der Waals surface area contributed by atoms with Gasteiger partial charge >= 0.3 is 5.69 Å². The number of nitrogens with one attached hydrogen (secondary N) is 1. The van der Waals surface area contributed by atoms with Gasteiger partial charge in [0.2, 0.25) is 0 Å². The summed E-state index contributed by atoms with van der Waals surface area (Å²) in [5.74, 6) is 0.635. The Kier molecular flexibility index (Phi) is 6.89. The molecule has 0 bridgehead atoms. The molecule has 0 aromatic carbocycles. The predicted octanol–water partition coefficient (Wildman–Crippen LogP) is 0.843. The quantitative estimate of drug-likeness (QED) is 0.762. The first-order valence-corrected chi connectivity index (χ1v) is 10.3. The first kappa shape index (κ1) is 20.3. The first-order valence-electron chi connectivity index (χ1n) is 10.3. The molecule has 2 heterocycles. The van der Waals surface area contributed by atoms with Gasteiger partial charge in [-0.05, 0) is 31.7 Å². The van der Waals surface area contributed by atoms with Gasteiger partial charge in [-0.1, -0.05) is 19.8 Å². The van der Waals surface area contributed by atoms with Gasteiger partial charge in [0, 0.05) is 51.5 Å². The fourth-order valence-corrected chi connectivity index (χ4v) is 4.40. The summed E-state index contributed by atoms with van der Waals surface area (Å²) in [5, 5.41) is 3.41. The first-order chi connectivity index (χ1) is 13.0. The summed E-state index contributed by atoms with van der Waals surface area (Å²) in [7, 11) is 3.24. The summed E-state index contributed by atoms with van der Waals surface area (Å²) >= 11 is 0. The third kappa shape index (κ3) is 4.89. The fourth-order valence-electron chi connectivity index (χ4n) is 4.40. The van der Waals surface area contributed by atoms with Crippen LogP contribution in [0.25, 0.3) is 0 Å². The lowest BCUT2D eigenvalue weighted by Crippen LogP contribution is -2.44. The van der Waals surface area contributed by atoms with Crippen LogP contribution in [0.3, 0.4) is 0 Å². The number of hydrogen-bond acceptors (Lipinski definition) is 5. The minimum absolute atomic E-state index is 0.198. The van der Waals surface area contributed by atoms with Crippen LogP contribution in [0.4, 0.5) is 0 Å². The Morgan fingerprint density at radius 2 is 2.00 bits per heavy atom. The van der Waals surface area contributed by atoms with Gasteiger partial charge in [0.25, 0.3) is 5.56 Å². The molecule has 7 nitrogen and oxygen atoms in total. The van der Waals surface area contributed by atoms with Crippen molar-refractivity contribution in [2.75, 3.05) is 26.2 Å². The summed E-state index contributed by atoms with van der Waals surface area (Å²) in [6.07, 6.45) is 8.13. The smallest absolute Gasteiger partial charge is 0.330 e. The number of aromatic nitrogens is 2. The number of rotatable bonds is 7. The molecule has 0 spiro atoms. The molecule has 1 aromatic heterocycles. The molecule has 1 aromatic rings. The molecule has 1 N–H and O–H groups in total. The van der Waals surface area contributed by atoms with Gasteiger partial charge in [-0.25, -0.2) is 4.79 Å². The predicted molar refractivity (Wildman–Crippen MR) is 106 cm³/mol. The van der Waals surface area contributed by atoms with Crippen molar-refractivity contribution in [1.29, 1.82) is 0 Å². The topological polar surface area (TPSA) is 68.5 Å². The van der Waals surface area contributed by atoms with Crippen LogP contribution < -0.4 is 16.6 Å². The standard InChI is InChI=1S/C20H34N4O3/c1-15-6-4-5-7-18(15)27-11-10-24(17-8-9-21-12-17)14-16-13-22(2)20(26)23(3)19(16)25/h13,15,17-18,21H,4-12,14H2,1-3H3/t15-,17+,18+/m1/s1. The van der Waals surface area contributed by atoms with Crippen LogP contribution in [0, 0.1) is 5.92 Å². The number of aryl methyl sites for hydroxylation is 1. The van der Waals surface area contributed by atoms with Crippen molar-refractivity contribution in [1.82, 2.24) is 19.4 Å². The Balaban J connectivity index is 1.67. The second kappa shape index (κ2) is 9.17. The van der Waals surface area contributed by atoms with Crippen molar-refractivity contribution in [2.24, 2.45) is 20.0 Å². The fraction of sp³-hybridized carbons (Fsp3) is 0.800. The molecule has 0 unspecified atom stereocenters. The molecule has 1 saturated heterocycles. The van der Waals surface area contributed by atoms with Gasteiger partial charge in [-0.3, -0.25) is 14.3 Å².